The van der Waals surface area contributed by atoms with Gasteiger partial charge in [0.05, 0.1) is 18.2 Å². The van der Waals surface area contributed by atoms with Gasteiger partial charge in [-0.05, 0) is 6.92 Å². The molecule has 1 atom stereocenters. The Labute approximate surface area is 108 Å². The van der Waals surface area contributed by atoms with Crippen LogP contribution >= 0.6 is 12.2 Å². The van der Waals surface area contributed by atoms with Crippen molar-refractivity contribution in [1.82, 2.24) is 9.62 Å². The lowest BCUT2D eigenvalue weighted by Crippen LogP contribution is -2.47. The van der Waals surface area contributed by atoms with Crippen molar-refractivity contribution in [3.63, 3.8) is 0 Å². The molecule has 8 heteroatoms. The van der Waals surface area contributed by atoms with Crippen molar-refractivity contribution >= 4 is 27.2 Å². The first kappa shape index (κ1) is 14.8. The Kier molecular flexibility index (Phi) is 5.74. The molecule has 0 aliphatic carbocycles. The van der Waals surface area contributed by atoms with Crippen molar-refractivity contribution in [3.8, 4) is 0 Å². The van der Waals surface area contributed by atoms with Crippen LogP contribution < -0.4 is 10.5 Å². The van der Waals surface area contributed by atoms with E-state index in [1.807, 2.05) is 6.92 Å². The number of sulfonamides is 1. The summed E-state index contributed by atoms with van der Waals surface area (Å²) >= 11 is 4.59. The molecule has 0 aromatic heterocycles. The number of morpholine rings is 1. The first-order chi connectivity index (χ1) is 7.89. The lowest BCUT2D eigenvalue weighted by molar-refractivity contribution is 0.0354. The Morgan fingerprint density at radius 1 is 1.53 bits per heavy atom. The van der Waals surface area contributed by atoms with Gasteiger partial charge in [0.1, 0.15) is 5.75 Å². The molecule has 0 saturated carbocycles. The number of hydrogen-bond acceptors (Lipinski definition) is 5. The number of nitrogens with two attached hydrogens (primary N) is 1. The predicted octanol–water partition coefficient (Wildman–Crippen LogP) is -1.09. The van der Waals surface area contributed by atoms with Crippen LogP contribution in [0.15, 0.2) is 0 Å². The second-order valence-corrected chi connectivity index (χ2v) is 6.44. The van der Waals surface area contributed by atoms with Gasteiger partial charge >= 0.3 is 0 Å². The zero-order valence-electron chi connectivity index (χ0n) is 9.89. The summed E-state index contributed by atoms with van der Waals surface area (Å²) in [6.45, 7) is 5.56. The molecule has 0 amide bonds. The molecular formula is C9H19N3O3S2. The highest BCUT2D eigenvalue weighted by Crippen LogP contribution is 1.99. The molecule has 100 valence electrons. The average molecular weight is 281 g/mol. The number of hydrogen-bond donors (Lipinski definition) is 2. The average Bonchev–Trinajstić information content (AvgIpc) is 2.15. The molecule has 17 heavy (non-hydrogen) atoms. The summed E-state index contributed by atoms with van der Waals surface area (Å²) in [7, 11) is -3.40. The first-order valence-corrected chi connectivity index (χ1v) is 7.53. The van der Waals surface area contributed by atoms with Gasteiger partial charge < -0.3 is 10.5 Å². The minimum atomic E-state index is -3.40. The van der Waals surface area contributed by atoms with Gasteiger partial charge in [-0.3, -0.25) is 4.90 Å². The zero-order valence-corrected chi connectivity index (χ0v) is 11.5. The van der Waals surface area contributed by atoms with Gasteiger partial charge in [0, 0.05) is 25.7 Å². The molecular weight excluding hydrogens is 262 g/mol. The molecule has 0 aromatic rings. The maximum Gasteiger partial charge on any atom is 0.218 e. The fourth-order valence-electron chi connectivity index (χ4n) is 1.74. The molecule has 1 aliphatic heterocycles. The molecule has 1 saturated heterocycles. The lowest BCUT2D eigenvalue weighted by atomic mass is 10.3. The highest BCUT2D eigenvalue weighted by Gasteiger charge is 2.19. The normalized spacial score (nSPS) is 20.1. The number of thiocarbonyl (C=S) groups is 1. The van der Waals surface area contributed by atoms with Gasteiger partial charge in [-0.25, -0.2) is 13.1 Å². The largest absolute Gasteiger partial charge is 0.392 e. The van der Waals surface area contributed by atoms with E-state index < -0.39 is 10.0 Å². The van der Waals surface area contributed by atoms with Gasteiger partial charge in [-0.2, -0.15) is 0 Å². The summed E-state index contributed by atoms with van der Waals surface area (Å²) in [6, 6.07) is -0.160. The molecule has 6 nitrogen and oxygen atoms in total. The van der Waals surface area contributed by atoms with Crippen LogP contribution in [0.5, 0.6) is 0 Å². The summed E-state index contributed by atoms with van der Waals surface area (Å²) in [5.41, 5.74) is 5.22. The fourth-order valence-corrected chi connectivity index (χ4v) is 3.35. The smallest absolute Gasteiger partial charge is 0.218 e. The van der Waals surface area contributed by atoms with Crippen molar-refractivity contribution in [1.29, 1.82) is 0 Å². The minimum absolute atomic E-state index is 0.0175. The quantitative estimate of drug-likeness (QED) is 0.602. The number of nitrogens with zero attached hydrogens (tertiary/aromatic N) is 1. The van der Waals surface area contributed by atoms with E-state index in [1.165, 1.54) is 0 Å². The van der Waals surface area contributed by atoms with E-state index in [4.69, 9.17) is 10.5 Å². The SMILES string of the molecule is CC(CN1CCOCC1)NS(=O)(=O)CC(N)=S. The van der Waals surface area contributed by atoms with Gasteiger partial charge in [-0.15, -0.1) is 0 Å². The van der Waals surface area contributed by atoms with E-state index in [0.717, 1.165) is 13.1 Å². The van der Waals surface area contributed by atoms with Crippen LogP contribution in [0.25, 0.3) is 0 Å². The number of ether oxygens (including phenoxy) is 1. The third-order valence-corrected chi connectivity index (χ3v) is 4.13. The van der Waals surface area contributed by atoms with E-state index in [0.29, 0.717) is 19.8 Å². The Morgan fingerprint density at radius 3 is 2.65 bits per heavy atom. The summed E-state index contributed by atoms with van der Waals surface area (Å²) in [4.78, 5) is 2.15. The summed E-state index contributed by atoms with van der Waals surface area (Å²) in [5.74, 6) is -0.296. The van der Waals surface area contributed by atoms with Gasteiger partial charge in [0.25, 0.3) is 0 Å². The molecule has 0 spiro atoms. The second-order valence-electron chi connectivity index (χ2n) is 4.16. The first-order valence-electron chi connectivity index (χ1n) is 5.47. The fraction of sp³-hybridized carbons (Fsp3) is 0.889. The van der Waals surface area contributed by atoms with E-state index in [-0.39, 0.29) is 16.8 Å². The van der Waals surface area contributed by atoms with Gasteiger partial charge in [0.2, 0.25) is 10.0 Å². The molecule has 1 unspecified atom stereocenters. The summed E-state index contributed by atoms with van der Waals surface area (Å²) < 4.78 is 30.9. The van der Waals surface area contributed by atoms with Crippen molar-refractivity contribution in [2.75, 3.05) is 38.6 Å². The third kappa shape index (κ3) is 6.27. The van der Waals surface area contributed by atoms with Crippen molar-refractivity contribution < 1.29 is 13.2 Å². The summed E-state index contributed by atoms with van der Waals surface area (Å²) in [5, 5.41) is 0. The van der Waals surface area contributed by atoms with Crippen LogP contribution in [0.4, 0.5) is 0 Å². The van der Waals surface area contributed by atoms with Crippen LogP contribution in [-0.4, -0.2) is 62.9 Å². The second kappa shape index (κ2) is 6.60. The molecule has 0 bridgehead atoms. The highest BCUT2D eigenvalue weighted by molar-refractivity contribution is 7.92. The maximum atomic E-state index is 11.6. The molecule has 1 fully saturated rings. The van der Waals surface area contributed by atoms with Crippen LogP contribution in [0.3, 0.4) is 0 Å². The van der Waals surface area contributed by atoms with E-state index in [2.05, 4.69) is 21.8 Å². The van der Waals surface area contributed by atoms with E-state index in [9.17, 15) is 8.42 Å². The minimum Gasteiger partial charge on any atom is -0.392 e. The topological polar surface area (TPSA) is 84.7 Å². The molecule has 1 rings (SSSR count). The standard InChI is InChI=1S/C9H19N3O3S2/c1-8(6-12-2-4-15-5-3-12)11-17(13,14)7-9(10)16/h8,11H,2-7H2,1H3,(H2,10,16). The van der Waals surface area contributed by atoms with E-state index in [1.54, 1.807) is 0 Å². The van der Waals surface area contributed by atoms with Gasteiger partial charge in [-0.1, -0.05) is 12.2 Å². The van der Waals surface area contributed by atoms with Crippen LogP contribution in [0.1, 0.15) is 6.92 Å². The number of nitrogens with one attached hydrogen (secondary N) is 1. The Hall–Kier alpha value is -0.280. The third-order valence-electron chi connectivity index (χ3n) is 2.35. The number of rotatable bonds is 6. The predicted molar refractivity (Wildman–Crippen MR) is 70.4 cm³/mol. The molecule has 1 heterocycles. The van der Waals surface area contributed by atoms with Crippen LogP contribution in [-0.2, 0) is 14.8 Å². The summed E-state index contributed by atoms with van der Waals surface area (Å²) in [6.07, 6.45) is 0. The molecule has 3 N–H and O–H groups in total. The Bertz CT molecular complexity index is 352. The van der Waals surface area contributed by atoms with Crippen LogP contribution in [0, 0.1) is 0 Å². The van der Waals surface area contributed by atoms with Crippen molar-refractivity contribution in [2.24, 2.45) is 5.73 Å². The van der Waals surface area contributed by atoms with Crippen molar-refractivity contribution in [3.05, 3.63) is 0 Å². The van der Waals surface area contributed by atoms with Crippen molar-refractivity contribution in [2.45, 2.75) is 13.0 Å². The van der Waals surface area contributed by atoms with Crippen LogP contribution in [0.2, 0.25) is 0 Å². The Morgan fingerprint density at radius 2 is 2.12 bits per heavy atom. The lowest BCUT2D eigenvalue weighted by Gasteiger charge is -2.29. The Balaban J connectivity index is 2.37. The maximum absolute atomic E-state index is 11.6. The molecule has 0 aromatic carbocycles. The zero-order chi connectivity index (χ0) is 12.9. The van der Waals surface area contributed by atoms with Gasteiger partial charge in [0.15, 0.2) is 0 Å². The molecule has 0 radical (unpaired) electrons. The monoisotopic (exact) mass is 281 g/mol. The molecule has 1 aliphatic rings. The van der Waals surface area contributed by atoms with E-state index >= 15 is 0 Å². The highest BCUT2D eigenvalue weighted by atomic mass is 32.2.